The van der Waals surface area contributed by atoms with Crippen molar-refractivity contribution in [2.45, 2.75) is 43.6 Å². The third-order valence-electron chi connectivity index (χ3n) is 3.27. The fourth-order valence-corrected chi connectivity index (χ4v) is 3.47. The molecule has 3 nitrogen and oxygen atoms in total. The molecule has 2 rings (SSSR count). The van der Waals surface area contributed by atoms with Crippen LogP contribution in [0.4, 0.5) is 4.39 Å². The molecule has 1 aromatic heterocycles. The van der Waals surface area contributed by atoms with Gasteiger partial charge >= 0.3 is 0 Å². The number of benzene rings is 1. The van der Waals surface area contributed by atoms with Crippen LogP contribution in [0.3, 0.4) is 0 Å². The summed E-state index contributed by atoms with van der Waals surface area (Å²) in [6.07, 6.45) is 0.761. The maximum Gasteiger partial charge on any atom is 0.188 e. The lowest BCUT2D eigenvalue weighted by molar-refractivity contribution is 0.572. The molecular weight excluding hydrogens is 285 g/mol. The van der Waals surface area contributed by atoms with Crippen LogP contribution in [0.25, 0.3) is 0 Å². The minimum absolute atomic E-state index is 0.156. The molecule has 2 aromatic rings. The highest BCUT2D eigenvalue weighted by atomic mass is 32.2. The molecular formula is C16H20FN3S. The van der Waals surface area contributed by atoms with Gasteiger partial charge in [-0.05, 0) is 32.4 Å². The van der Waals surface area contributed by atoms with Gasteiger partial charge in [-0.1, -0.05) is 36.9 Å². The van der Waals surface area contributed by atoms with E-state index in [0.29, 0.717) is 10.7 Å². The van der Waals surface area contributed by atoms with E-state index >= 15 is 0 Å². The summed E-state index contributed by atoms with van der Waals surface area (Å²) in [4.78, 5) is 8.84. The van der Waals surface area contributed by atoms with Crippen molar-refractivity contribution < 1.29 is 4.39 Å². The molecule has 2 atom stereocenters. The highest BCUT2D eigenvalue weighted by molar-refractivity contribution is 7.99. The average Bonchev–Trinajstić information content (AvgIpc) is 2.44. The normalized spacial score (nSPS) is 14.0. The molecule has 0 saturated carbocycles. The Morgan fingerprint density at radius 2 is 1.81 bits per heavy atom. The van der Waals surface area contributed by atoms with Gasteiger partial charge in [0.15, 0.2) is 5.16 Å². The predicted molar refractivity (Wildman–Crippen MR) is 84.8 cm³/mol. The van der Waals surface area contributed by atoms with Crippen LogP contribution in [0.1, 0.15) is 35.5 Å². The summed E-state index contributed by atoms with van der Waals surface area (Å²) in [5.41, 5.74) is 8.62. The second-order valence-electron chi connectivity index (χ2n) is 5.07. The van der Waals surface area contributed by atoms with Gasteiger partial charge in [-0.15, -0.1) is 0 Å². The van der Waals surface area contributed by atoms with Crippen molar-refractivity contribution in [1.29, 1.82) is 0 Å². The summed E-state index contributed by atoms with van der Waals surface area (Å²) in [6, 6.07) is 8.53. The van der Waals surface area contributed by atoms with Gasteiger partial charge in [0.2, 0.25) is 0 Å². The smallest absolute Gasteiger partial charge is 0.188 e. The minimum Gasteiger partial charge on any atom is -0.326 e. The third-order valence-corrected chi connectivity index (χ3v) is 4.52. The van der Waals surface area contributed by atoms with Crippen LogP contribution in [0.15, 0.2) is 35.5 Å². The Balaban J connectivity index is 2.35. The summed E-state index contributed by atoms with van der Waals surface area (Å²) in [7, 11) is 0. The van der Waals surface area contributed by atoms with Gasteiger partial charge in [-0.25, -0.2) is 14.4 Å². The van der Waals surface area contributed by atoms with E-state index in [1.165, 1.54) is 17.8 Å². The van der Waals surface area contributed by atoms with Gasteiger partial charge in [0, 0.05) is 23.0 Å². The number of hydrogen-bond donors (Lipinski definition) is 1. The number of thioether (sulfide) groups is 1. The SMILES string of the molecule is CCC(N)C(Sc1nc(C)cc(C)n1)c1ccccc1F. The van der Waals surface area contributed by atoms with Crippen LogP contribution < -0.4 is 5.73 Å². The van der Waals surface area contributed by atoms with Gasteiger partial charge in [0.25, 0.3) is 0 Å². The molecule has 0 fully saturated rings. The summed E-state index contributed by atoms with van der Waals surface area (Å²) in [6.45, 7) is 5.86. The first kappa shape index (κ1) is 15.9. The van der Waals surface area contributed by atoms with E-state index in [4.69, 9.17) is 5.73 Å². The molecule has 0 aliphatic rings. The van der Waals surface area contributed by atoms with Gasteiger partial charge in [0.05, 0.1) is 5.25 Å². The van der Waals surface area contributed by atoms with Crippen LogP contribution in [-0.4, -0.2) is 16.0 Å². The minimum atomic E-state index is -0.233. The molecule has 0 spiro atoms. The number of nitrogens with zero attached hydrogens (tertiary/aromatic N) is 2. The number of aromatic nitrogens is 2. The maximum absolute atomic E-state index is 14.1. The van der Waals surface area contributed by atoms with Crippen LogP contribution >= 0.6 is 11.8 Å². The quantitative estimate of drug-likeness (QED) is 0.674. The zero-order chi connectivity index (χ0) is 15.4. The maximum atomic E-state index is 14.1. The lowest BCUT2D eigenvalue weighted by atomic mass is 10.0. The lowest BCUT2D eigenvalue weighted by Gasteiger charge is -2.22. The molecule has 0 saturated heterocycles. The zero-order valence-electron chi connectivity index (χ0n) is 12.5. The summed E-state index contributed by atoms with van der Waals surface area (Å²) >= 11 is 1.43. The lowest BCUT2D eigenvalue weighted by Crippen LogP contribution is -2.26. The zero-order valence-corrected chi connectivity index (χ0v) is 13.3. The fourth-order valence-electron chi connectivity index (χ4n) is 2.16. The Kier molecular flexibility index (Phi) is 5.31. The van der Waals surface area contributed by atoms with E-state index in [1.54, 1.807) is 12.1 Å². The van der Waals surface area contributed by atoms with Crippen LogP contribution in [0.2, 0.25) is 0 Å². The summed E-state index contributed by atoms with van der Waals surface area (Å²) in [5.74, 6) is -0.233. The second kappa shape index (κ2) is 7.00. The van der Waals surface area contributed by atoms with Gasteiger partial charge in [-0.2, -0.15) is 0 Å². The molecule has 0 radical (unpaired) electrons. The molecule has 0 aliphatic heterocycles. The molecule has 0 bridgehead atoms. The van der Waals surface area contributed by atoms with E-state index in [2.05, 4.69) is 9.97 Å². The first-order valence-electron chi connectivity index (χ1n) is 7.00. The van der Waals surface area contributed by atoms with E-state index in [1.807, 2.05) is 32.9 Å². The molecule has 1 aromatic carbocycles. The Hall–Kier alpha value is -1.46. The molecule has 21 heavy (non-hydrogen) atoms. The monoisotopic (exact) mass is 305 g/mol. The van der Waals surface area contributed by atoms with Crippen LogP contribution in [0.5, 0.6) is 0 Å². The Bertz CT molecular complexity index is 598. The van der Waals surface area contributed by atoms with Crippen molar-refractivity contribution in [3.05, 3.63) is 53.1 Å². The first-order chi connectivity index (χ1) is 10.0. The predicted octanol–water partition coefficient (Wildman–Crippen LogP) is 3.80. The molecule has 0 aliphatic carbocycles. The van der Waals surface area contributed by atoms with Gasteiger partial charge in [-0.3, -0.25) is 0 Å². The van der Waals surface area contributed by atoms with Crippen LogP contribution in [0, 0.1) is 19.7 Å². The molecule has 2 N–H and O–H groups in total. The molecule has 2 unspecified atom stereocenters. The van der Waals surface area contributed by atoms with Crippen molar-refractivity contribution in [3.8, 4) is 0 Å². The van der Waals surface area contributed by atoms with Gasteiger partial charge in [0.1, 0.15) is 5.82 Å². The van der Waals surface area contributed by atoms with E-state index in [0.717, 1.165) is 17.8 Å². The summed E-state index contributed by atoms with van der Waals surface area (Å²) in [5, 5.41) is 0.446. The van der Waals surface area contributed by atoms with Crippen molar-refractivity contribution in [3.63, 3.8) is 0 Å². The molecule has 1 heterocycles. The van der Waals surface area contributed by atoms with E-state index < -0.39 is 0 Å². The summed E-state index contributed by atoms with van der Waals surface area (Å²) < 4.78 is 14.1. The Labute approximate surface area is 129 Å². The van der Waals surface area contributed by atoms with Crippen molar-refractivity contribution in [2.24, 2.45) is 5.73 Å². The number of nitrogens with two attached hydrogens (primary N) is 1. The Morgan fingerprint density at radius 3 is 2.38 bits per heavy atom. The highest BCUT2D eigenvalue weighted by Crippen LogP contribution is 2.37. The molecule has 5 heteroatoms. The highest BCUT2D eigenvalue weighted by Gasteiger charge is 2.24. The van der Waals surface area contributed by atoms with Crippen molar-refractivity contribution in [2.75, 3.05) is 0 Å². The van der Waals surface area contributed by atoms with Crippen molar-refractivity contribution >= 4 is 11.8 Å². The van der Waals surface area contributed by atoms with E-state index in [-0.39, 0.29) is 17.1 Å². The largest absolute Gasteiger partial charge is 0.326 e. The topological polar surface area (TPSA) is 51.8 Å². The number of hydrogen-bond acceptors (Lipinski definition) is 4. The van der Waals surface area contributed by atoms with E-state index in [9.17, 15) is 4.39 Å². The second-order valence-corrected chi connectivity index (χ2v) is 6.17. The number of halogens is 1. The number of rotatable bonds is 5. The van der Waals surface area contributed by atoms with Crippen molar-refractivity contribution in [1.82, 2.24) is 9.97 Å². The third kappa shape index (κ3) is 4.02. The standard InChI is InChI=1S/C16H20FN3S/c1-4-14(18)15(12-7-5-6-8-13(12)17)21-16-19-10(2)9-11(3)20-16/h5-9,14-15H,4,18H2,1-3H3. The Morgan fingerprint density at radius 1 is 1.19 bits per heavy atom. The van der Waals surface area contributed by atoms with Crippen LogP contribution in [-0.2, 0) is 0 Å². The molecule has 0 amide bonds. The first-order valence-corrected chi connectivity index (χ1v) is 7.88. The van der Waals surface area contributed by atoms with Gasteiger partial charge < -0.3 is 5.73 Å². The fraction of sp³-hybridized carbons (Fsp3) is 0.375. The molecule has 112 valence electrons. The average molecular weight is 305 g/mol. The number of aryl methyl sites for hydroxylation is 2.